The van der Waals surface area contributed by atoms with Crippen LogP contribution in [0.2, 0.25) is 0 Å². The van der Waals surface area contributed by atoms with Crippen LogP contribution in [-0.2, 0) is 46.9 Å². The molecule has 0 radical (unpaired) electrons. The second-order valence-electron chi connectivity index (χ2n) is 9.25. The summed E-state index contributed by atoms with van der Waals surface area (Å²) in [7, 11) is 1.14. The Morgan fingerprint density at radius 3 is 2.25 bits per heavy atom. The summed E-state index contributed by atoms with van der Waals surface area (Å²) in [5.74, 6) is -3.95. The number of halogens is 7. The van der Waals surface area contributed by atoms with Crippen LogP contribution in [0.1, 0.15) is 41.0 Å². The second kappa shape index (κ2) is 10.7. The molecule has 4 atom stereocenters. The topological polar surface area (TPSA) is 74.3 Å². The molecule has 2 aromatic rings. The Bertz CT molecular complexity index is 1330. The molecule has 2 fully saturated rings. The number of rotatable bonds is 5. The molecule has 2 saturated heterocycles. The fourth-order valence-electron chi connectivity index (χ4n) is 5.69. The first-order valence-corrected chi connectivity index (χ1v) is 11.8. The molecule has 3 heterocycles. The molecule has 7 nitrogen and oxygen atoms in total. The minimum Gasteiger partial charge on any atom is -0.497 e. The van der Waals surface area contributed by atoms with Gasteiger partial charge in [-0.1, -0.05) is 36.4 Å². The average Bonchev–Trinajstić information content (AvgIpc) is 3.53. The molecule has 0 bridgehead atoms. The molecule has 0 spiro atoms. The van der Waals surface area contributed by atoms with Gasteiger partial charge in [0.25, 0.3) is 0 Å². The maximum atomic E-state index is 14.4. The zero-order chi connectivity index (χ0) is 28.2. The average molecular weight is 638 g/mol. The number of hydrogen-bond donors (Lipinski definition) is 0. The summed E-state index contributed by atoms with van der Waals surface area (Å²) in [5, 5.41) is 0. The van der Waals surface area contributed by atoms with E-state index in [-0.39, 0.29) is 35.7 Å². The van der Waals surface area contributed by atoms with Crippen LogP contribution < -0.4 is 0 Å². The number of esters is 1. The van der Waals surface area contributed by atoms with Gasteiger partial charge in [0.2, 0.25) is 5.72 Å². The summed E-state index contributed by atoms with van der Waals surface area (Å²) in [5.41, 5.74) is -6.11. The van der Waals surface area contributed by atoms with E-state index in [1.807, 2.05) is 0 Å². The molecule has 216 valence electrons. The van der Waals surface area contributed by atoms with Gasteiger partial charge in [0.05, 0.1) is 30.2 Å². The summed E-state index contributed by atoms with van der Waals surface area (Å²) >= 11 is 0. The molecule has 3 unspecified atom stereocenters. The maximum absolute atomic E-state index is 14.4. The van der Waals surface area contributed by atoms with E-state index in [0.29, 0.717) is 6.42 Å². The fraction of sp³-hybridized carbons (Fsp3) is 0.385. The van der Waals surface area contributed by atoms with Gasteiger partial charge in [0.15, 0.2) is 6.10 Å². The van der Waals surface area contributed by atoms with Gasteiger partial charge in [-0.3, -0.25) is 9.79 Å². The second-order valence-corrected chi connectivity index (χ2v) is 9.25. The number of ether oxygens (including phenoxy) is 2. The fourth-order valence-corrected chi connectivity index (χ4v) is 5.69. The number of fused-ring (bicyclic) bond motifs is 1. The van der Waals surface area contributed by atoms with Crippen molar-refractivity contribution in [2.45, 2.75) is 49.0 Å². The van der Waals surface area contributed by atoms with Crippen molar-refractivity contribution < 1.29 is 55.2 Å². The van der Waals surface area contributed by atoms with E-state index in [0.717, 1.165) is 49.6 Å². The van der Waals surface area contributed by atoms with E-state index in [9.17, 15) is 35.9 Å². The van der Waals surface area contributed by atoms with Crippen LogP contribution in [0.25, 0.3) is 0 Å². The molecular weight excluding hydrogens is 616 g/mol. The first-order valence-electron chi connectivity index (χ1n) is 11.8. The molecule has 0 amide bonds. The Morgan fingerprint density at radius 1 is 0.975 bits per heavy atom. The Hall–Kier alpha value is -3.10. The summed E-state index contributed by atoms with van der Waals surface area (Å²) < 4.78 is 97.0. The van der Waals surface area contributed by atoms with Crippen molar-refractivity contribution in [1.82, 2.24) is 4.90 Å². The van der Waals surface area contributed by atoms with Crippen LogP contribution in [0.15, 0.2) is 60.4 Å². The largest absolute Gasteiger partial charge is 0.497 e. The Kier molecular flexibility index (Phi) is 8.00. The molecule has 3 aliphatic rings. The standard InChI is InChI=1S/C26H21F6NO6.BrH/c1-36-19-13-20(34)37-22(19)21(14-7-2-3-8-15(14)25(27,28)29)24(16-9-4-5-10-17(16)26(30,31)32)33-12-6-11-18(33)23(35)38-39-24;/h2-5,7-10,13,18,21-22H,6,11-12H2,1H3;1H/t18-,21?,22?,24?;/m0./s1. The molecule has 40 heavy (non-hydrogen) atoms. The molecule has 0 saturated carbocycles. The number of hydrogen-bond acceptors (Lipinski definition) is 7. The highest BCUT2D eigenvalue weighted by Gasteiger charge is 2.64. The van der Waals surface area contributed by atoms with Gasteiger partial charge >= 0.3 is 24.3 Å². The quantitative estimate of drug-likeness (QED) is 0.238. The van der Waals surface area contributed by atoms with Gasteiger partial charge in [-0.25, -0.2) is 9.59 Å². The van der Waals surface area contributed by atoms with Crippen molar-refractivity contribution in [3.8, 4) is 0 Å². The number of carbonyl (C=O) groups is 2. The number of carbonyl (C=O) groups excluding carboxylic acids is 2. The lowest BCUT2D eigenvalue weighted by Crippen LogP contribution is -2.63. The van der Waals surface area contributed by atoms with Crippen LogP contribution in [0.3, 0.4) is 0 Å². The van der Waals surface area contributed by atoms with E-state index in [1.54, 1.807) is 0 Å². The first kappa shape index (κ1) is 29.9. The zero-order valence-corrected chi connectivity index (χ0v) is 22.3. The van der Waals surface area contributed by atoms with Crippen molar-refractivity contribution in [1.29, 1.82) is 0 Å². The van der Waals surface area contributed by atoms with Gasteiger partial charge in [0.1, 0.15) is 11.8 Å². The Balaban J connectivity index is 0.00000370. The van der Waals surface area contributed by atoms with Crippen LogP contribution >= 0.6 is 17.0 Å². The molecule has 0 aliphatic carbocycles. The van der Waals surface area contributed by atoms with Gasteiger partial charge in [-0.05, 0) is 30.5 Å². The molecule has 3 aliphatic heterocycles. The van der Waals surface area contributed by atoms with Gasteiger partial charge in [-0.2, -0.15) is 31.2 Å². The molecule has 0 aromatic heterocycles. The molecule has 5 rings (SSSR count). The van der Waals surface area contributed by atoms with E-state index in [4.69, 9.17) is 19.2 Å². The monoisotopic (exact) mass is 637 g/mol. The SMILES string of the molecule is Br.COC1=CC(=O)OC1C(c1ccccc1C(F)(F)F)C1(c2ccccc2C(F)(F)F)OOC(=O)[C@@H]2CCCN21. The van der Waals surface area contributed by atoms with E-state index in [2.05, 4.69) is 0 Å². The summed E-state index contributed by atoms with van der Waals surface area (Å²) in [6.07, 6.45) is -10.3. The predicted molar refractivity (Wildman–Crippen MR) is 130 cm³/mol. The minimum absolute atomic E-state index is 0. The van der Waals surface area contributed by atoms with Crippen molar-refractivity contribution in [2.75, 3.05) is 13.7 Å². The molecule has 14 heteroatoms. The lowest BCUT2D eigenvalue weighted by atomic mass is 9.74. The zero-order valence-electron chi connectivity index (χ0n) is 20.6. The Morgan fingerprint density at radius 2 is 1.60 bits per heavy atom. The van der Waals surface area contributed by atoms with Gasteiger partial charge in [-0.15, -0.1) is 17.0 Å². The smallest absolute Gasteiger partial charge is 0.416 e. The van der Waals surface area contributed by atoms with Crippen LogP contribution in [0.4, 0.5) is 26.3 Å². The summed E-state index contributed by atoms with van der Waals surface area (Å²) in [4.78, 5) is 36.8. The molecular formula is C26H22BrF6NO6. The third-order valence-electron chi connectivity index (χ3n) is 7.17. The molecule has 2 aromatic carbocycles. The summed E-state index contributed by atoms with van der Waals surface area (Å²) in [6, 6.07) is 7.26. The number of benzene rings is 2. The highest BCUT2D eigenvalue weighted by Crippen LogP contribution is 2.56. The third-order valence-corrected chi connectivity index (χ3v) is 7.17. The van der Waals surface area contributed by atoms with Crippen molar-refractivity contribution in [2.24, 2.45) is 0 Å². The van der Waals surface area contributed by atoms with Crippen molar-refractivity contribution in [3.05, 3.63) is 82.6 Å². The maximum Gasteiger partial charge on any atom is 0.416 e. The number of nitrogens with zero attached hydrogens (tertiary/aromatic N) is 1. The van der Waals surface area contributed by atoms with Crippen molar-refractivity contribution >= 4 is 28.9 Å². The Labute approximate surface area is 234 Å². The van der Waals surface area contributed by atoms with Gasteiger partial charge in [0, 0.05) is 12.1 Å². The number of cyclic esters (lactones) is 1. The number of alkyl halides is 6. The lowest BCUT2D eigenvalue weighted by Gasteiger charge is -2.51. The first-order chi connectivity index (χ1) is 18.4. The van der Waals surface area contributed by atoms with Gasteiger partial charge < -0.3 is 9.47 Å². The highest BCUT2D eigenvalue weighted by molar-refractivity contribution is 8.93. The minimum atomic E-state index is -4.98. The van der Waals surface area contributed by atoms with Crippen LogP contribution in [-0.4, -0.2) is 42.6 Å². The van der Waals surface area contributed by atoms with Crippen LogP contribution in [0, 0.1) is 0 Å². The van der Waals surface area contributed by atoms with E-state index in [1.165, 1.54) is 17.0 Å². The number of methoxy groups -OCH3 is 1. The molecule has 0 N–H and O–H groups in total. The third kappa shape index (κ3) is 4.85. The normalized spacial score (nSPS) is 25.8. The summed E-state index contributed by atoms with van der Waals surface area (Å²) in [6.45, 7) is -0.0245. The highest BCUT2D eigenvalue weighted by atomic mass is 79.9. The van der Waals surface area contributed by atoms with Crippen molar-refractivity contribution in [3.63, 3.8) is 0 Å². The van der Waals surface area contributed by atoms with E-state index >= 15 is 0 Å². The predicted octanol–water partition coefficient (Wildman–Crippen LogP) is 5.65. The van der Waals surface area contributed by atoms with Crippen LogP contribution in [0.5, 0.6) is 0 Å². The lowest BCUT2D eigenvalue weighted by molar-refractivity contribution is -0.412. The van der Waals surface area contributed by atoms with E-state index < -0.39 is 70.3 Å².